The van der Waals surface area contributed by atoms with Crippen molar-refractivity contribution in [2.24, 2.45) is 17.9 Å². The molecule has 1 aliphatic heterocycles. The highest BCUT2D eigenvalue weighted by atomic mass is 79.9. The van der Waals surface area contributed by atoms with E-state index in [0.29, 0.717) is 23.4 Å². The summed E-state index contributed by atoms with van der Waals surface area (Å²) in [7, 11) is 3.42. The molecule has 0 aliphatic carbocycles. The highest BCUT2D eigenvalue weighted by Crippen LogP contribution is 2.38. The molecule has 0 bridgehead atoms. The van der Waals surface area contributed by atoms with Gasteiger partial charge >= 0.3 is 6.03 Å². The standard InChI is InChI=1S/C20H18BrFN4O2/c1-25-10-15(14-7-11(21)3-6-18(14)25)19-9-17(24-26(19)20(23)27)13-5-4-12(28-2)8-16(13)22/h3-8,10,19H,9H2,1-2H3,(H2,23,27). The lowest BCUT2D eigenvalue weighted by Crippen LogP contribution is -2.31. The highest BCUT2D eigenvalue weighted by Gasteiger charge is 2.34. The van der Waals surface area contributed by atoms with Gasteiger partial charge in [-0.2, -0.15) is 5.10 Å². The normalized spacial score (nSPS) is 16.5. The van der Waals surface area contributed by atoms with Gasteiger partial charge in [-0.05, 0) is 30.3 Å². The quantitative estimate of drug-likeness (QED) is 0.653. The molecule has 1 atom stereocenters. The van der Waals surface area contributed by atoms with Gasteiger partial charge in [-0.25, -0.2) is 14.2 Å². The molecule has 0 saturated heterocycles. The van der Waals surface area contributed by atoms with Crippen LogP contribution in [0, 0.1) is 5.82 Å². The number of halogens is 2. The first kappa shape index (κ1) is 18.5. The Hall–Kier alpha value is -2.87. The van der Waals surface area contributed by atoms with Gasteiger partial charge in [0.25, 0.3) is 0 Å². The van der Waals surface area contributed by atoms with Crippen LogP contribution in [0.3, 0.4) is 0 Å². The number of primary amides is 1. The number of rotatable bonds is 3. The average molecular weight is 445 g/mol. The maximum Gasteiger partial charge on any atom is 0.335 e. The Morgan fingerprint density at radius 2 is 2.11 bits per heavy atom. The molecule has 6 nitrogen and oxygen atoms in total. The minimum absolute atomic E-state index is 0.330. The Balaban J connectivity index is 1.78. The van der Waals surface area contributed by atoms with Crippen molar-refractivity contribution >= 4 is 38.6 Å². The molecule has 0 radical (unpaired) electrons. The number of ether oxygens (including phenoxy) is 1. The number of hydrogen-bond donors (Lipinski definition) is 1. The number of carbonyl (C=O) groups excluding carboxylic acids is 1. The Bertz CT molecular complexity index is 1120. The number of nitrogens with zero attached hydrogens (tertiary/aromatic N) is 3. The van der Waals surface area contributed by atoms with Crippen LogP contribution in [-0.4, -0.2) is 28.4 Å². The first-order valence-corrected chi connectivity index (χ1v) is 9.43. The number of amides is 2. The van der Waals surface area contributed by atoms with E-state index in [2.05, 4.69) is 21.0 Å². The molecular weight excluding hydrogens is 427 g/mol. The van der Waals surface area contributed by atoms with Crippen molar-refractivity contribution in [1.29, 1.82) is 0 Å². The van der Waals surface area contributed by atoms with Crippen molar-refractivity contribution < 1.29 is 13.9 Å². The second-order valence-electron chi connectivity index (χ2n) is 6.65. The third-order valence-corrected chi connectivity index (χ3v) is 5.46. The molecule has 4 rings (SSSR count). The maximum atomic E-state index is 14.6. The summed E-state index contributed by atoms with van der Waals surface area (Å²) >= 11 is 3.50. The van der Waals surface area contributed by atoms with Gasteiger partial charge in [0.1, 0.15) is 11.6 Å². The molecule has 1 aliphatic rings. The van der Waals surface area contributed by atoms with Gasteiger partial charge in [0.05, 0.1) is 18.9 Å². The fourth-order valence-electron chi connectivity index (χ4n) is 3.64. The van der Waals surface area contributed by atoms with Crippen molar-refractivity contribution in [3.05, 3.63) is 64.0 Å². The molecule has 2 N–H and O–H groups in total. The summed E-state index contributed by atoms with van der Waals surface area (Å²) in [5.41, 5.74) is 8.31. The van der Waals surface area contributed by atoms with Crippen LogP contribution in [0.2, 0.25) is 0 Å². The SMILES string of the molecule is COc1ccc(C2=NN(C(N)=O)C(c3cn(C)c4ccc(Br)cc34)C2)c(F)c1. The number of nitrogens with two attached hydrogens (primary N) is 1. The summed E-state index contributed by atoms with van der Waals surface area (Å²) < 4.78 is 22.5. The van der Waals surface area contributed by atoms with Gasteiger partial charge in [0, 0.05) is 52.2 Å². The van der Waals surface area contributed by atoms with Gasteiger partial charge < -0.3 is 15.0 Å². The van der Waals surface area contributed by atoms with E-state index in [1.165, 1.54) is 18.2 Å². The molecule has 0 fully saturated rings. The Kier molecular flexibility index (Phi) is 4.58. The maximum absolute atomic E-state index is 14.6. The van der Waals surface area contributed by atoms with Gasteiger partial charge in [-0.3, -0.25) is 0 Å². The van der Waals surface area contributed by atoms with Gasteiger partial charge in [-0.15, -0.1) is 0 Å². The average Bonchev–Trinajstić information content (AvgIpc) is 3.23. The molecule has 2 aromatic carbocycles. The number of urea groups is 1. The van der Waals surface area contributed by atoms with Crippen LogP contribution in [0.1, 0.15) is 23.6 Å². The number of aryl methyl sites for hydroxylation is 1. The molecule has 144 valence electrons. The number of aromatic nitrogens is 1. The van der Waals surface area contributed by atoms with Crippen molar-refractivity contribution in [1.82, 2.24) is 9.58 Å². The number of carbonyl (C=O) groups is 1. The number of benzene rings is 2. The van der Waals surface area contributed by atoms with E-state index in [1.54, 1.807) is 12.1 Å². The van der Waals surface area contributed by atoms with E-state index in [0.717, 1.165) is 20.9 Å². The van der Waals surface area contributed by atoms with Crippen LogP contribution < -0.4 is 10.5 Å². The van der Waals surface area contributed by atoms with Crippen molar-refractivity contribution in [3.8, 4) is 5.75 Å². The molecule has 8 heteroatoms. The molecule has 2 amide bonds. The minimum atomic E-state index is -0.680. The molecule has 2 heterocycles. The Labute approximate surface area is 169 Å². The summed E-state index contributed by atoms with van der Waals surface area (Å²) in [5, 5.41) is 6.56. The summed E-state index contributed by atoms with van der Waals surface area (Å²) in [6, 6.07) is 9.43. The lowest BCUT2D eigenvalue weighted by molar-refractivity contribution is 0.196. The predicted octanol–water partition coefficient (Wildman–Crippen LogP) is 4.32. The third kappa shape index (κ3) is 3.03. The lowest BCUT2D eigenvalue weighted by atomic mass is 9.98. The van der Waals surface area contributed by atoms with Crippen molar-refractivity contribution in [2.45, 2.75) is 12.5 Å². The number of fused-ring (bicyclic) bond motifs is 1. The lowest BCUT2D eigenvalue weighted by Gasteiger charge is -2.19. The summed E-state index contributed by atoms with van der Waals surface area (Å²) in [6.45, 7) is 0. The zero-order valence-electron chi connectivity index (χ0n) is 15.3. The second kappa shape index (κ2) is 6.94. The Morgan fingerprint density at radius 1 is 1.32 bits per heavy atom. The molecule has 0 spiro atoms. The first-order valence-electron chi connectivity index (χ1n) is 8.63. The predicted molar refractivity (Wildman–Crippen MR) is 109 cm³/mol. The number of hydrazone groups is 1. The van der Waals surface area contributed by atoms with Gasteiger partial charge in [0.15, 0.2) is 0 Å². The first-order chi connectivity index (χ1) is 13.4. The molecule has 3 aromatic rings. The zero-order valence-corrected chi connectivity index (χ0v) is 16.9. The topological polar surface area (TPSA) is 72.8 Å². The van der Waals surface area contributed by atoms with E-state index in [1.807, 2.05) is 36.0 Å². The molecule has 28 heavy (non-hydrogen) atoms. The Morgan fingerprint density at radius 3 is 2.79 bits per heavy atom. The third-order valence-electron chi connectivity index (χ3n) is 4.96. The fraction of sp³-hybridized carbons (Fsp3) is 0.200. The van der Waals surface area contributed by atoms with Crippen LogP contribution in [0.4, 0.5) is 9.18 Å². The van der Waals surface area contributed by atoms with Crippen LogP contribution in [0.25, 0.3) is 10.9 Å². The van der Waals surface area contributed by atoms with E-state index < -0.39 is 17.9 Å². The van der Waals surface area contributed by atoms with E-state index in [-0.39, 0.29) is 0 Å². The fourth-order valence-corrected chi connectivity index (χ4v) is 4.00. The van der Waals surface area contributed by atoms with Crippen molar-refractivity contribution in [2.75, 3.05) is 7.11 Å². The van der Waals surface area contributed by atoms with Crippen molar-refractivity contribution in [3.63, 3.8) is 0 Å². The van der Waals surface area contributed by atoms with Gasteiger partial charge in [0.2, 0.25) is 0 Å². The van der Waals surface area contributed by atoms with Crippen LogP contribution in [0.15, 0.2) is 52.2 Å². The van der Waals surface area contributed by atoms with E-state index in [4.69, 9.17) is 10.5 Å². The molecular formula is C20H18BrFN4O2. The number of hydrogen-bond acceptors (Lipinski definition) is 3. The van der Waals surface area contributed by atoms with Crippen LogP contribution in [0.5, 0.6) is 5.75 Å². The minimum Gasteiger partial charge on any atom is -0.497 e. The summed E-state index contributed by atoms with van der Waals surface area (Å²) in [5.74, 6) is -0.0362. The number of methoxy groups -OCH3 is 1. The molecule has 1 unspecified atom stereocenters. The van der Waals surface area contributed by atoms with E-state index in [9.17, 15) is 9.18 Å². The largest absolute Gasteiger partial charge is 0.497 e. The smallest absolute Gasteiger partial charge is 0.335 e. The van der Waals surface area contributed by atoms with Crippen LogP contribution >= 0.6 is 15.9 Å². The summed E-state index contributed by atoms with van der Waals surface area (Å²) in [4.78, 5) is 12.1. The summed E-state index contributed by atoms with van der Waals surface area (Å²) in [6.07, 6.45) is 2.32. The second-order valence-corrected chi connectivity index (χ2v) is 7.57. The highest BCUT2D eigenvalue weighted by molar-refractivity contribution is 9.10. The molecule has 0 saturated carbocycles. The van der Waals surface area contributed by atoms with Gasteiger partial charge in [-0.1, -0.05) is 15.9 Å². The van der Waals surface area contributed by atoms with Crippen LogP contribution in [-0.2, 0) is 7.05 Å². The zero-order chi connectivity index (χ0) is 20.0. The monoisotopic (exact) mass is 444 g/mol. The van der Waals surface area contributed by atoms with E-state index >= 15 is 0 Å². The molecule has 1 aromatic heterocycles.